The number of amidine groups is 1. The zero-order valence-electron chi connectivity index (χ0n) is 10.8. The summed E-state index contributed by atoms with van der Waals surface area (Å²) < 4.78 is 5.14. The molecule has 2 aromatic rings. The fraction of sp³-hybridized carbons (Fsp3) is 0.286. The van der Waals surface area contributed by atoms with Gasteiger partial charge in [-0.3, -0.25) is 4.99 Å². The molecule has 0 aliphatic heterocycles. The fourth-order valence-corrected chi connectivity index (χ4v) is 2.04. The highest BCUT2D eigenvalue weighted by molar-refractivity contribution is 5.97. The molecule has 0 aliphatic rings. The van der Waals surface area contributed by atoms with Crippen LogP contribution in [0.5, 0.6) is 0 Å². The van der Waals surface area contributed by atoms with Crippen molar-refractivity contribution in [3.05, 3.63) is 52.9 Å². The number of nitrogens with two attached hydrogens (primary N) is 1. The van der Waals surface area contributed by atoms with Crippen LogP contribution in [0.1, 0.15) is 35.5 Å². The lowest BCUT2D eigenvalue weighted by Gasteiger charge is -2.08. The molecule has 0 bridgehead atoms. The average molecular weight is 243 g/mol. The van der Waals surface area contributed by atoms with E-state index in [0.717, 1.165) is 22.6 Å². The Labute approximate surface area is 107 Å². The van der Waals surface area contributed by atoms with Crippen molar-refractivity contribution < 1.29 is 4.52 Å². The van der Waals surface area contributed by atoms with Gasteiger partial charge in [0.05, 0.1) is 11.7 Å². The second kappa shape index (κ2) is 5.04. The minimum absolute atomic E-state index is 0.0588. The van der Waals surface area contributed by atoms with Gasteiger partial charge in [-0.1, -0.05) is 35.5 Å². The lowest BCUT2D eigenvalue weighted by Crippen LogP contribution is -2.14. The van der Waals surface area contributed by atoms with Crippen molar-refractivity contribution in [2.24, 2.45) is 10.7 Å². The van der Waals surface area contributed by atoms with Crippen LogP contribution in [0.15, 0.2) is 39.8 Å². The molecule has 0 aliphatic carbocycles. The zero-order valence-corrected chi connectivity index (χ0v) is 10.8. The summed E-state index contributed by atoms with van der Waals surface area (Å²) >= 11 is 0. The molecule has 0 saturated carbocycles. The third-order valence-corrected chi connectivity index (χ3v) is 2.91. The molecule has 1 atom stereocenters. The molecule has 0 fully saturated rings. The Morgan fingerprint density at radius 1 is 1.28 bits per heavy atom. The number of aryl methyl sites for hydroxylation is 2. The molecule has 18 heavy (non-hydrogen) atoms. The van der Waals surface area contributed by atoms with Gasteiger partial charge in [0.15, 0.2) is 0 Å². The van der Waals surface area contributed by atoms with Crippen molar-refractivity contribution in [3.8, 4) is 0 Å². The van der Waals surface area contributed by atoms with Crippen LogP contribution in [0, 0.1) is 13.8 Å². The predicted octanol–water partition coefficient (Wildman–Crippen LogP) is 2.76. The maximum absolute atomic E-state index is 6.00. The van der Waals surface area contributed by atoms with Crippen molar-refractivity contribution >= 4 is 5.84 Å². The van der Waals surface area contributed by atoms with Gasteiger partial charge in [0, 0.05) is 11.1 Å². The minimum Gasteiger partial charge on any atom is -0.383 e. The van der Waals surface area contributed by atoms with E-state index in [2.05, 4.69) is 10.1 Å². The Bertz CT molecular complexity index is 538. The summed E-state index contributed by atoms with van der Waals surface area (Å²) in [5.74, 6) is 1.33. The van der Waals surface area contributed by atoms with Crippen molar-refractivity contribution in [2.75, 3.05) is 0 Å². The van der Waals surface area contributed by atoms with E-state index in [1.165, 1.54) is 0 Å². The summed E-state index contributed by atoms with van der Waals surface area (Å²) in [4.78, 5) is 4.51. The number of hydrogen-bond donors (Lipinski definition) is 1. The molecule has 0 amide bonds. The van der Waals surface area contributed by atoms with Crippen LogP contribution >= 0.6 is 0 Å². The first kappa shape index (κ1) is 12.4. The predicted molar refractivity (Wildman–Crippen MR) is 71.6 cm³/mol. The fourth-order valence-electron chi connectivity index (χ4n) is 2.04. The van der Waals surface area contributed by atoms with Gasteiger partial charge >= 0.3 is 0 Å². The van der Waals surface area contributed by atoms with Crippen molar-refractivity contribution in [3.63, 3.8) is 0 Å². The first-order chi connectivity index (χ1) is 8.59. The summed E-state index contributed by atoms with van der Waals surface area (Å²) in [7, 11) is 0. The van der Waals surface area contributed by atoms with Crippen LogP contribution < -0.4 is 5.73 Å². The van der Waals surface area contributed by atoms with Gasteiger partial charge < -0.3 is 10.3 Å². The highest BCUT2D eigenvalue weighted by Crippen LogP contribution is 2.24. The minimum atomic E-state index is -0.0588. The van der Waals surface area contributed by atoms with Gasteiger partial charge in [-0.15, -0.1) is 0 Å². The standard InChI is InChI=1S/C14H17N3O/c1-9(13-10(2)17-18-11(13)3)16-14(15)12-7-5-4-6-8-12/h4-9H,1-3H3,(H2,15,16). The first-order valence-electron chi connectivity index (χ1n) is 5.91. The third kappa shape index (κ3) is 2.42. The molecule has 1 unspecified atom stereocenters. The summed E-state index contributed by atoms with van der Waals surface area (Å²) in [6, 6.07) is 9.67. The van der Waals surface area contributed by atoms with Crippen LogP contribution in [0.3, 0.4) is 0 Å². The number of aromatic nitrogens is 1. The van der Waals surface area contributed by atoms with Gasteiger partial charge in [0.25, 0.3) is 0 Å². The van der Waals surface area contributed by atoms with E-state index >= 15 is 0 Å². The largest absolute Gasteiger partial charge is 0.383 e. The van der Waals surface area contributed by atoms with Crippen LogP contribution in [-0.2, 0) is 0 Å². The molecule has 4 heteroatoms. The van der Waals surface area contributed by atoms with Crippen molar-refractivity contribution in [1.29, 1.82) is 0 Å². The SMILES string of the molecule is Cc1noc(C)c1C(C)N=C(N)c1ccccc1. The average Bonchev–Trinajstić information content (AvgIpc) is 2.70. The van der Waals surface area contributed by atoms with E-state index < -0.39 is 0 Å². The van der Waals surface area contributed by atoms with Crippen LogP contribution in [0.2, 0.25) is 0 Å². The van der Waals surface area contributed by atoms with Gasteiger partial charge in [0.2, 0.25) is 0 Å². The molecular formula is C14H17N3O. The second-order valence-electron chi connectivity index (χ2n) is 4.29. The highest BCUT2D eigenvalue weighted by atomic mass is 16.5. The molecule has 4 nitrogen and oxygen atoms in total. The van der Waals surface area contributed by atoms with E-state index in [-0.39, 0.29) is 6.04 Å². The van der Waals surface area contributed by atoms with E-state index in [0.29, 0.717) is 5.84 Å². The molecule has 2 N–H and O–H groups in total. The Morgan fingerprint density at radius 3 is 2.50 bits per heavy atom. The molecule has 0 radical (unpaired) electrons. The molecular weight excluding hydrogens is 226 g/mol. The quantitative estimate of drug-likeness (QED) is 0.666. The molecule has 1 aromatic carbocycles. The van der Waals surface area contributed by atoms with Gasteiger partial charge in [0.1, 0.15) is 11.6 Å². The van der Waals surface area contributed by atoms with Crippen molar-refractivity contribution in [2.45, 2.75) is 26.8 Å². The third-order valence-electron chi connectivity index (χ3n) is 2.91. The van der Waals surface area contributed by atoms with Gasteiger partial charge in [-0.25, -0.2) is 0 Å². The van der Waals surface area contributed by atoms with Gasteiger partial charge in [-0.05, 0) is 20.8 Å². The highest BCUT2D eigenvalue weighted by Gasteiger charge is 2.16. The van der Waals surface area contributed by atoms with Crippen LogP contribution in [0.4, 0.5) is 0 Å². The lowest BCUT2D eigenvalue weighted by molar-refractivity contribution is 0.391. The molecule has 94 valence electrons. The lowest BCUT2D eigenvalue weighted by atomic mass is 10.1. The molecule has 1 heterocycles. The normalized spacial score (nSPS) is 13.6. The van der Waals surface area contributed by atoms with Crippen LogP contribution in [-0.4, -0.2) is 11.0 Å². The zero-order chi connectivity index (χ0) is 13.1. The Balaban J connectivity index is 2.29. The van der Waals surface area contributed by atoms with Crippen molar-refractivity contribution in [1.82, 2.24) is 5.16 Å². The monoisotopic (exact) mass is 243 g/mol. The molecule has 1 aromatic heterocycles. The molecule has 0 spiro atoms. The first-order valence-corrected chi connectivity index (χ1v) is 5.91. The number of hydrogen-bond acceptors (Lipinski definition) is 3. The number of aliphatic imine (C=N–C) groups is 1. The smallest absolute Gasteiger partial charge is 0.139 e. The number of rotatable bonds is 3. The summed E-state index contributed by atoms with van der Waals surface area (Å²) in [5, 5.41) is 3.93. The Hall–Kier alpha value is -2.10. The number of benzene rings is 1. The van der Waals surface area contributed by atoms with E-state index in [4.69, 9.17) is 10.3 Å². The maximum Gasteiger partial charge on any atom is 0.139 e. The summed E-state index contributed by atoms with van der Waals surface area (Å²) in [5.41, 5.74) is 8.80. The Kier molecular flexibility index (Phi) is 3.46. The topological polar surface area (TPSA) is 64.4 Å². The van der Waals surface area contributed by atoms with E-state index in [1.807, 2.05) is 51.1 Å². The van der Waals surface area contributed by atoms with Gasteiger partial charge in [-0.2, -0.15) is 0 Å². The maximum atomic E-state index is 6.00. The second-order valence-corrected chi connectivity index (χ2v) is 4.29. The van der Waals surface area contributed by atoms with E-state index in [1.54, 1.807) is 0 Å². The summed E-state index contributed by atoms with van der Waals surface area (Å²) in [6.07, 6.45) is 0. The number of nitrogens with zero attached hydrogens (tertiary/aromatic N) is 2. The molecule has 2 rings (SSSR count). The van der Waals surface area contributed by atoms with E-state index in [9.17, 15) is 0 Å². The van der Waals surface area contributed by atoms with Crippen LogP contribution in [0.25, 0.3) is 0 Å². The Morgan fingerprint density at radius 2 is 1.94 bits per heavy atom. The summed E-state index contributed by atoms with van der Waals surface area (Å²) in [6.45, 7) is 5.79. The molecule has 0 saturated heterocycles.